The lowest BCUT2D eigenvalue weighted by atomic mass is 9.92. The van der Waals surface area contributed by atoms with Gasteiger partial charge in [0.1, 0.15) is 5.82 Å². The van der Waals surface area contributed by atoms with Crippen LogP contribution in [0.4, 0.5) is 11.5 Å². The molecule has 1 heterocycles. The van der Waals surface area contributed by atoms with Crippen LogP contribution in [0.5, 0.6) is 5.88 Å². The Hall–Kier alpha value is -1.49. The van der Waals surface area contributed by atoms with Crippen molar-refractivity contribution in [2.45, 2.75) is 44.8 Å². The Morgan fingerprint density at radius 1 is 1.44 bits per heavy atom. The predicted molar refractivity (Wildman–Crippen MR) is 71.7 cm³/mol. The first kappa shape index (κ1) is 13.0. The molecule has 0 aliphatic heterocycles. The second kappa shape index (κ2) is 5.91. The van der Waals surface area contributed by atoms with E-state index in [-0.39, 0.29) is 12.1 Å². The fourth-order valence-electron chi connectivity index (χ4n) is 2.25. The summed E-state index contributed by atoms with van der Waals surface area (Å²) in [6.07, 6.45) is 3.76. The van der Waals surface area contributed by atoms with E-state index in [1.54, 1.807) is 6.07 Å². The molecule has 1 aliphatic rings. The number of rotatable bonds is 4. The van der Waals surface area contributed by atoms with Gasteiger partial charge in [-0.15, -0.1) is 0 Å². The number of nitrogens with zero attached hydrogens (tertiary/aromatic N) is 1. The Morgan fingerprint density at radius 3 is 2.94 bits per heavy atom. The van der Waals surface area contributed by atoms with Crippen LogP contribution in [-0.2, 0) is 0 Å². The number of pyridine rings is 1. The highest BCUT2D eigenvalue weighted by Gasteiger charge is 2.23. The quantitative estimate of drug-likeness (QED) is 0.760. The molecule has 1 fully saturated rings. The molecule has 18 heavy (non-hydrogen) atoms. The average Bonchev–Trinajstić information content (AvgIpc) is 2.36. The summed E-state index contributed by atoms with van der Waals surface area (Å²) in [5, 5.41) is 13.2. The molecule has 1 aliphatic carbocycles. The highest BCUT2D eigenvalue weighted by atomic mass is 16.5. The SMILES string of the molecule is CCOc1nc(NC2CCCCC2O)ccc1N. The van der Waals surface area contributed by atoms with Gasteiger partial charge in [-0.05, 0) is 31.9 Å². The molecule has 0 saturated heterocycles. The molecule has 2 unspecified atom stereocenters. The molecule has 0 aromatic carbocycles. The van der Waals surface area contributed by atoms with Gasteiger partial charge in [-0.3, -0.25) is 0 Å². The van der Waals surface area contributed by atoms with E-state index in [2.05, 4.69) is 10.3 Å². The number of aromatic nitrogens is 1. The number of aliphatic hydroxyl groups excluding tert-OH is 1. The lowest BCUT2D eigenvalue weighted by Crippen LogP contribution is -2.36. The first-order valence-corrected chi connectivity index (χ1v) is 6.54. The summed E-state index contributed by atoms with van der Waals surface area (Å²) >= 11 is 0. The molecule has 2 atom stereocenters. The monoisotopic (exact) mass is 251 g/mol. The van der Waals surface area contributed by atoms with Crippen molar-refractivity contribution in [2.24, 2.45) is 0 Å². The molecular weight excluding hydrogens is 230 g/mol. The van der Waals surface area contributed by atoms with E-state index in [9.17, 15) is 5.11 Å². The van der Waals surface area contributed by atoms with Crippen molar-refractivity contribution in [3.05, 3.63) is 12.1 Å². The van der Waals surface area contributed by atoms with Crippen LogP contribution in [0.3, 0.4) is 0 Å². The third kappa shape index (κ3) is 3.04. The van der Waals surface area contributed by atoms with Gasteiger partial charge in [0.05, 0.1) is 24.4 Å². The van der Waals surface area contributed by atoms with Gasteiger partial charge in [-0.2, -0.15) is 4.98 Å². The summed E-state index contributed by atoms with van der Waals surface area (Å²) in [6.45, 7) is 2.43. The summed E-state index contributed by atoms with van der Waals surface area (Å²) in [5.41, 5.74) is 6.31. The number of nitrogens with two attached hydrogens (primary N) is 1. The van der Waals surface area contributed by atoms with Crippen molar-refractivity contribution in [3.63, 3.8) is 0 Å². The molecule has 100 valence electrons. The van der Waals surface area contributed by atoms with Crippen molar-refractivity contribution < 1.29 is 9.84 Å². The standard InChI is InChI=1S/C13H21N3O2/c1-2-18-13-9(14)7-8-12(16-13)15-10-5-3-4-6-11(10)17/h7-8,10-11,17H,2-6,14H2,1H3,(H,15,16). The third-order valence-corrected chi connectivity index (χ3v) is 3.23. The first-order chi connectivity index (χ1) is 8.70. The third-order valence-electron chi connectivity index (χ3n) is 3.23. The zero-order valence-electron chi connectivity index (χ0n) is 10.7. The van der Waals surface area contributed by atoms with E-state index in [0.29, 0.717) is 24.0 Å². The maximum Gasteiger partial charge on any atom is 0.239 e. The van der Waals surface area contributed by atoms with Crippen LogP contribution in [0.2, 0.25) is 0 Å². The van der Waals surface area contributed by atoms with Gasteiger partial charge in [-0.1, -0.05) is 12.8 Å². The summed E-state index contributed by atoms with van der Waals surface area (Å²) in [7, 11) is 0. The van der Waals surface area contributed by atoms with Crippen LogP contribution in [0.1, 0.15) is 32.6 Å². The largest absolute Gasteiger partial charge is 0.476 e. The van der Waals surface area contributed by atoms with Crippen molar-refractivity contribution in [3.8, 4) is 5.88 Å². The Morgan fingerprint density at radius 2 is 2.22 bits per heavy atom. The van der Waals surface area contributed by atoms with Gasteiger partial charge in [0.25, 0.3) is 0 Å². The molecule has 2 rings (SSSR count). The van der Waals surface area contributed by atoms with Crippen LogP contribution in [0.25, 0.3) is 0 Å². The number of ether oxygens (including phenoxy) is 1. The summed E-state index contributed by atoms with van der Waals surface area (Å²) in [4.78, 5) is 4.32. The van der Waals surface area contributed by atoms with Crippen molar-refractivity contribution in [1.29, 1.82) is 0 Å². The Labute approximate surface area is 107 Å². The molecule has 1 saturated carbocycles. The fraction of sp³-hybridized carbons (Fsp3) is 0.615. The van der Waals surface area contributed by atoms with E-state index in [4.69, 9.17) is 10.5 Å². The van der Waals surface area contributed by atoms with E-state index in [1.807, 2.05) is 13.0 Å². The van der Waals surface area contributed by atoms with Crippen LogP contribution < -0.4 is 15.8 Å². The van der Waals surface area contributed by atoms with Gasteiger partial charge >= 0.3 is 0 Å². The minimum atomic E-state index is -0.298. The summed E-state index contributed by atoms with van der Waals surface area (Å²) in [5.74, 6) is 1.16. The molecule has 1 aromatic heterocycles. The van der Waals surface area contributed by atoms with Gasteiger partial charge in [-0.25, -0.2) is 0 Å². The molecule has 4 N–H and O–H groups in total. The van der Waals surface area contributed by atoms with Crippen LogP contribution in [0, 0.1) is 0 Å². The van der Waals surface area contributed by atoms with Crippen LogP contribution in [-0.4, -0.2) is 28.8 Å². The second-order valence-electron chi connectivity index (χ2n) is 4.63. The molecule has 0 radical (unpaired) electrons. The molecule has 0 spiro atoms. The van der Waals surface area contributed by atoms with Crippen molar-refractivity contribution in [1.82, 2.24) is 4.98 Å². The lowest BCUT2D eigenvalue weighted by molar-refractivity contribution is 0.116. The number of hydrogen-bond donors (Lipinski definition) is 3. The Bertz CT molecular complexity index is 398. The van der Waals surface area contributed by atoms with Crippen molar-refractivity contribution >= 4 is 11.5 Å². The Balaban J connectivity index is 2.06. The van der Waals surface area contributed by atoms with E-state index >= 15 is 0 Å². The fourth-order valence-corrected chi connectivity index (χ4v) is 2.25. The molecule has 5 nitrogen and oxygen atoms in total. The molecule has 1 aromatic rings. The lowest BCUT2D eigenvalue weighted by Gasteiger charge is -2.28. The van der Waals surface area contributed by atoms with E-state index in [0.717, 1.165) is 25.7 Å². The maximum absolute atomic E-state index is 9.91. The van der Waals surface area contributed by atoms with Gasteiger partial charge < -0.3 is 20.9 Å². The van der Waals surface area contributed by atoms with E-state index < -0.39 is 0 Å². The number of aliphatic hydroxyl groups is 1. The zero-order valence-corrected chi connectivity index (χ0v) is 10.7. The molecular formula is C13H21N3O2. The minimum absolute atomic E-state index is 0.0735. The average molecular weight is 251 g/mol. The second-order valence-corrected chi connectivity index (χ2v) is 4.63. The van der Waals surface area contributed by atoms with Gasteiger partial charge in [0.2, 0.25) is 5.88 Å². The normalized spacial score (nSPS) is 23.7. The highest BCUT2D eigenvalue weighted by molar-refractivity contribution is 5.53. The van der Waals surface area contributed by atoms with Gasteiger partial charge in [0, 0.05) is 0 Å². The maximum atomic E-state index is 9.91. The minimum Gasteiger partial charge on any atom is -0.476 e. The predicted octanol–water partition coefficient (Wildman–Crippen LogP) is 1.78. The Kier molecular flexibility index (Phi) is 4.25. The zero-order chi connectivity index (χ0) is 13.0. The molecule has 0 amide bonds. The number of anilines is 2. The summed E-state index contributed by atoms with van der Waals surface area (Å²) < 4.78 is 5.35. The van der Waals surface area contributed by atoms with Crippen LogP contribution in [0.15, 0.2) is 12.1 Å². The topological polar surface area (TPSA) is 80.4 Å². The molecule has 0 bridgehead atoms. The first-order valence-electron chi connectivity index (χ1n) is 6.54. The van der Waals surface area contributed by atoms with Crippen LogP contribution >= 0.6 is 0 Å². The number of nitrogen functional groups attached to an aromatic ring is 1. The summed E-state index contributed by atoms with van der Waals surface area (Å²) in [6, 6.07) is 3.67. The smallest absolute Gasteiger partial charge is 0.239 e. The van der Waals surface area contributed by atoms with Crippen molar-refractivity contribution in [2.75, 3.05) is 17.7 Å². The number of nitrogens with one attached hydrogen (secondary N) is 1. The van der Waals surface area contributed by atoms with Gasteiger partial charge in [0.15, 0.2) is 0 Å². The molecule has 5 heteroatoms. The van der Waals surface area contributed by atoms with E-state index in [1.165, 1.54) is 0 Å². The highest BCUT2D eigenvalue weighted by Crippen LogP contribution is 2.25. The number of hydrogen-bond acceptors (Lipinski definition) is 5.